The minimum atomic E-state index is -3.71. The quantitative estimate of drug-likeness (QED) is 0.141. The second kappa shape index (κ2) is 14.8. The molecule has 2 aromatic carbocycles. The third-order valence-corrected chi connectivity index (χ3v) is 11.8. The van der Waals surface area contributed by atoms with Gasteiger partial charge < -0.3 is 20.1 Å². The van der Waals surface area contributed by atoms with E-state index in [1.165, 1.54) is 11.8 Å². The fraction of sp³-hybridized carbons (Fsp3) is 0.441. The van der Waals surface area contributed by atoms with Gasteiger partial charge in [0.15, 0.2) is 0 Å². The molecule has 0 spiro atoms. The molecule has 0 radical (unpaired) electrons. The first-order chi connectivity index (χ1) is 21.2. The van der Waals surface area contributed by atoms with E-state index in [0.717, 1.165) is 59.6 Å². The number of thioether (sulfide) groups is 1. The molecule has 0 saturated carbocycles. The second-order valence-electron chi connectivity index (χ2n) is 12.3. The molecule has 1 aliphatic rings. The highest BCUT2D eigenvalue weighted by atomic mass is 32.2. The molecule has 3 N–H and O–H groups in total. The molecular formula is C34H43N4O4PS. The summed E-state index contributed by atoms with van der Waals surface area (Å²) in [5.41, 5.74) is 2.93. The zero-order valence-electron chi connectivity index (χ0n) is 25.6. The molecule has 234 valence electrons. The highest BCUT2D eigenvalue weighted by Gasteiger charge is 2.33. The summed E-state index contributed by atoms with van der Waals surface area (Å²) in [6.07, 6.45) is 6.83. The highest BCUT2D eigenvalue weighted by Crippen LogP contribution is 2.48. The van der Waals surface area contributed by atoms with E-state index in [4.69, 9.17) is 0 Å². The number of aryl methyl sites for hydroxylation is 1. The highest BCUT2D eigenvalue weighted by molar-refractivity contribution is 8.04. The van der Waals surface area contributed by atoms with E-state index in [1.54, 1.807) is 0 Å². The van der Waals surface area contributed by atoms with Gasteiger partial charge in [0.2, 0.25) is 19.2 Å². The van der Waals surface area contributed by atoms with E-state index in [0.29, 0.717) is 24.4 Å². The molecule has 2 aromatic heterocycles. The minimum Gasteiger partial charge on any atom is -0.354 e. The van der Waals surface area contributed by atoms with Crippen LogP contribution in [0.2, 0.25) is 0 Å². The van der Waals surface area contributed by atoms with E-state index in [-0.39, 0.29) is 29.4 Å². The van der Waals surface area contributed by atoms with Crippen LogP contribution >= 0.6 is 19.1 Å². The van der Waals surface area contributed by atoms with E-state index in [9.17, 15) is 19.0 Å². The van der Waals surface area contributed by atoms with Gasteiger partial charge in [0.25, 0.3) is 0 Å². The maximum Gasteiger partial charge on any atom is 0.242 e. The van der Waals surface area contributed by atoms with Gasteiger partial charge in [0, 0.05) is 54.1 Å². The van der Waals surface area contributed by atoms with Crippen molar-refractivity contribution in [3.8, 4) is 0 Å². The molecule has 8 nitrogen and oxygen atoms in total. The van der Waals surface area contributed by atoms with Crippen LogP contribution in [0, 0.1) is 11.8 Å². The monoisotopic (exact) mass is 634 g/mol. The zero-order valence-corrected chi connectivity index (χ0v) is 27.3. The molecule has 0 fully saturated rings. The van der Waals surface area contributed by atoms with Crippen LogP contribution in [0.5, 0.6) is 0 Å². The van der Waals surface area contributed by atoms with Crippen molar-refractivity contribution in [1.29, 1.82) is 0 Å². The van der Waals surface area contributed by atoms with Crippen molar-refractivity contribution in [2.45, 2.75) is 70.0 Å². The Hall–Kier alpha value is -3.13. The largest absolute Gasteiger partial charge is 0.354 e. The Bertz CT molecular complexity index is 1650. The third-order valence-electron chi connectivity index (χ3n) is 8.17. The van der Waals surface area contributed by atoms with Crippen molar-refractivity contribution in [2.75, 3.05) is 18.2 Å². The predicted octanol–water partition coefficient (Wildman–Crippen LogP) is 6.59. The van der Waals surface area contributed by atoms with Gasteiger partial charge >= 0.3 is 0 Å². The summed E-state index contributed by atoms with van der Waals surface area (Å²) < 4.78 is 15.7. The molecule has 0 saturated heterocycles. The van der Waals surface area contributed by atoms with Gasteiger partial charge in [-0.05, 0) is 48.9 Å². The number of carbonyl (C=O) groups is 2. The molecule has 1 aliphatic heterocycles. The Balaban J connectivity index is 1.32. The van der Waals surface area contributed by atoms with E-state index < -0.39 is 19.3 Å². The molecule has 4 aromatic rings. The van der Waals surface area contributed by atoms with Crippen LogP contribution in [0.1, 0.15) is 51.5 Å². The number of aromatic nitrogens is 2. The number of nitrogens with zero attached hydrogens (tertiary/aromatic N) is 2. The van der Waals surface area contributed by atoms with Crippen LogP contribution in [0.25, 0.3) is 21.8 Å². The topological polar surface area (TPSA) is 113 Å². The fourth-order valence-electron chi connectivity index (χ4n) is 6.01. The zero-order chi connectivity index (χ0) is 31.1. The molecule has 44 heavy (non-hydrogen) atoms. The number of rotatable bonds is 9. The smallest absolute Gasteiger partial charge is 0.242 e. The van der Waals surface area contributed by atoms with Crippen molar-refractivity contribution in [2.24, 2.45) is 11.8 Å². The number of hydrogen-bond donors (Lipinski definition) is 3. The van der Waals surface area contributed by atoms with Gasteiger partial charge in [-0.2, -0.15) is 0 Å². The first kappa shape index (κ1) is 32.3. The van der Waals surface area contributed by atoms with Crippen LogP contribution in [-0.2, 0) is 27.1 Å². The summed E-state index contributed by atoms with van der Waals surface area (Å²) >= 11 is 1.23. The molecular weight excluding hydrogens is 591 g/mol. The number of carbonyl (C=O) groups excluding carboxylic acids is 2. The maximum atomic E-state index is 13.8. The lowest BCUT2D eigenvalue weighted by Gasteiger charge is -2.25. The molecule has 0 aliphatic carbocycles. The molecule has 2 amide bonds. The second-order valence-corrected chi connectivity index (χ2v) is 16.1. The first-order valence-electron chi connectivity index (χ1n) is 15.6. The average Bonchev–Trinajstić information content (AvgIpc) is 3.35. The Morgan fingerprint density at radius 2 is 1.86 bits per heavy atom. The van der Waals surface area contributed by atoms with Gasteiger partial charge in [-0.25, -0.2) is 4.98 Å². The van der Waals surface area contributed by atoms with Crippen molar-refractivity contribution >= 4 is 52.8 Å². The number of nitrogens with one attached hydrogen (secondary N) is 2. The molecule has 3 atom stereocenters. The van der Waals surface area contributed by atoms with Crippen LogP contribution in [0.3, 0.4) is 0 Å². The average molecular weight is 635 g/mol. The lowest BCUT2D eigenvalue weighted by Crippen LogP contribution is -2.50. The number of hydrogen-bond acceptors (Lipinski definition) is 5. The van der Waals surface area contributed by atoms with Gasteiger partial charge in [-0.1, -0.05) is 80.9 Å². The predicted molar refractivity (Wildman–Crippen MR) is 179 cm³/mol. The minimum absolute atomic E-state index is 0.0381. The number of para-hydroxylation sites is 2. The van der Waals surface area contributed by atoms with E-state index >= 15 is 0 Å². The van der Waals surface area contributed by atoms with E-state index in [1.807, 2.05) is 62.4 Å². The van der Waals surface area contributed by atoms with Crippen LogP contribution < -0.4 is 10.6 Å². The molecule has 10 heteroatoms. The van der Waals surface area contributed by atoms with Crippen molar-refractivity contribution < 1.29 is 19.0 Å². The van der Waals surface area contributed by atoms with Crippen molar-refractivity contribution in [1.82, 2.24) is 20.2 Å². The summed E-state index contributed by atoms with van der Waals surface area (Å²) in [5.74, 6) is -1.14. The molecule has 3 heterocycles. The summed E-state index contributed by atoms with van der Waals surface area (Å²) in [5, 5.41) is 8.79. The Kier molecular flexibility index (Phi) is 10.8. The molecule has 2 bridgehead atoms. The molecule has 5 rings (SSSR count). The summed E-state index contributed by atoms with van der Waals surface area (Å²) in [6, 6.07) is 19.0. The summed E-state index contributed by atoms with van der Waals surface area (Å²) in [4.78, 5) is 42.9. The number of amides is 2. The first-order valence-corrected chi connectivity index (χ1v) is 18.6. The SMILES string of the molecule is CC(C)CC(CP(=O)(O)CSc1ccc2ccccc2n1)C(=O)N[C@H]1Cc2cn(c3ccccc23)CCCCCCNC1=O. The Morgan fingerprint density at radius 1 is 1.09 bits per heavy atom. The van der Waals surface area contributed by atoms with Gasteiger partial charge in [0.05, 0.1) is 16.0 Å². The summed E-state index contributed by atoms with van der Waals surface area (Å²) in [6.45, 7) is 5.47. The summed E-state index contributed by atoms with van der Waals surface area (Å²) in [7, 11) is -3.71. The molecule has 2 unspecified atom stereocenters. The lowest BCUT2D eigenvalue weighted by molar-refractivity contribution is -0.131. The number of pyridine rings is 1. The van der Waals surface area contributed by atoms with E-state index in [2.05, 4.69) is 38.5 Å². The van der Waals surface area contributed by atoms with Crippen molar-refractivity contribution in [3.63, 3.8) is 0 Å². The van der Waals surface area contributed by atoms with Crippen LogP contribution in [0.4, 0.5) is 0 Å². The van der Waals surface area contributed by atoms with Crippen LogP contribution in [0.15, 0.2) is 71.9 Å². The third kappa shape index (κ3) is 8.52. The maximum absolute atomic E-state index is 13.8. The fourth-order valence-corrected chi connectivity index (χ4v) is 9.10. The Labute approximate surface area is 263 Å². The standard InChI is InChI=1S/C34H43N4O4PS/c1-24(2)19-27(22-43(41,42)23-44-32-16-15-25-11-5-7-13-29(25)36-32)33(39)37-30-20-26-21-38(31-14-8-6-12-28(26)31)18-10-4-3-9-17-35-34(30)40/h5-8,11-16,21,24,27,30H,3-4,9-10,17-20,22-23H2,1-2H3,(H,35,40)(H,37,39)(H,41,42)/t27?,30-/m0/s1. The van der Waals surface area contributed by atoms with Crippen LogP contribution in [-0.4, -0.2) is 50.5 Å². The van der Waals surface area contributed by atoms with Crippen molar-refractivity contribution in [3.05, 3.63) is 72.4 Å². The number of benzene rings is 2. The number of fused-ring (bicyclic) bond motifs is 6. The Morgan fingerprint density at radius 3 is 2.70 bits per heavy atom. The van der Waals surface area contributed by atoms with Gasteiger partial charge in [0.1, 0.15) is 6.04 Å². The normalized spacial score (nSPS) is 18.5. The lowest BCUT2D eigenvalue weighted by atomic mass is 9.97. The van der Waals surface area contributed by atoms with Gasteiger partial charge in [-0.3, -0.25) is 14.2 Å². The van der Waals surface area contributed by atoms with Gasteiger partial charge in [-0.15, -0.1) is 0 Å².